The van der Waals surface area contributed by atoms with Crippen molar-refractivity contribution < 1.29 is 9.52 Å². The Kier molecular flexibility index (Phi) is 3.98. The average Bonchev–Trinajstić information content (AvgIpc) is 2.67. The number of hydrogen-bond donors (Lipinski definition) is 2. The summed E-state index contributed by atoms with van der Waals surface area (Å²) in [4.78, 5) is 2.38. The van der Waals surface area contributed by atoms with Crippen LogP contribution >= 0.6 is 0 Å². The van der Waals surface area contributed by atoms with Crippen LogP contribution in [0.15, 0.2) is 16.5 Å². The molecule has 1 aliphatic heterocycles. The van der Waals surface area contributed by atoms with Gasteiger partial charge in [-0.2, -0.15) is 0 Å². The van der Waals surface area contributed by atoms with Gasteiger partial charge in [-0.15, -0.1) is 0 Å². The largest absolute Gasteiger partial charge is 0.465 e. The Bertz CT molecular complexity index is 323. The van der Waals surface area contributed by atoms with E-state index in [0.29, 0.717) is 6.04 Å². The molecule has 16 heavy (non-hydrogen) atoms. The molecule has 1 aromatic heterocycles. The lowest BCUT2D eigenvalue weighted by molar-refractivity contribution is 0.115. The van der Waals surface area contributed by atoms with Gasteiger partial charge in [0.15, 0.2) is 0 Å². The zero-order valence-electron chi connectivity index (χ0n) is 9.78. The second-order valence-electron chi connectivity index (χ2n) is 4.35. The summed E-state index contributed by atoms with van der Waals surface area (Å²) in [5, 5.41) is 12.4. The number of aliphatic hydroxyl groups excluding tert-OH is 1. The van der Waals surface area contributed by atoms with Crippen LogP contribution in [0.5, 0.6) is 0 Å². The zero-order chi connectivity index (χ0) is 11.4. The number of nitrogens with one attached hydrogen (secondary N) is 1. The van der Waals surface area contributed by atoms with Gasteiger partial charge in [-0.3, -0.25) is 4.90 Å². The van der Waals surface area contributed by atoms with Crippen molar-refractivity contribution in [2.24, 2.45) is 0 Å². The van der Waals surface area contributed by atoms with Gasteiger partial charge < -0.3 is 14.8 Å². The predicted octanol–water partition coefficient (Wildman–Crippen LogP) is 0.744. The van der Waals surface area contributed by atoms with Crippen molar-refractivity contribution >= 4 is 0 Å². The molecule has 1 aliphatic rings. The maximum absolute atomic E-state index is 9.03. The smallest absolute Gasteiger partial charge is 0.118 e. The van der Waals surface area contributed by atoms with E-state index in [4.69, 9.17) is 9.52 Å². The normalized spacial score (nSPS) is 22.5. The van der Waals surface area contributed by atoms with Crippen molar-refractivity contribution in [1.82, 2.24) is 10.2 Å². The summed E-state index contributed by atoms with van der Waals surface area (Å²) in [7, 11) is 0. The summed E-state index contributed by atoms with van der Waals surface area (Å²) in [6.07, 6.45) is 0.826. The minimum Gasteiger partial charge on any atom is -0.465 e. The van der Waals surface area contributed by atoms with Crippen LogP contribution in [0.4, 0.5) is 0 Å². The van der Waals surface area contributed by atoms with E-state index in [1.54, 1.807) is 0 Å². The fourth-order valence-electron chi connectivity index (χ4n) is 2.22. The molecule has 4 nitrogen and oxygen atoms in total. The number of hydrogen-bond acceptors (Lipinski definition) is 4. The molecule has 90 valence electrons. The van der Waals surface area contributed by atoms with Gasteiger partial charge >= 0.3 is 0 Å². The molecule has 0 saturated carbocycles. The molecule has 4 heteroatoms. The van der Waals surface area contributed by atoms with E-state index in [1.165, 1.54) is 0 Å². The molecule has 0 aromatic carbocycles. The molecule has 0 bridgehead atoms. The lowest BCUT2D eigenvalue weighted by Gasteiger charge is -2.35. The van der Waals surface area contributed by atoms with Crippen LogP contribution in [-0.4, -0.2) is 42.3 Å². The second kappa shape index (κ2) is 5.48. The predicted molar refractivity (Wildman–Crippen MR) is 62.2 cm³/mol. The molecule has 1 fully saturated rings. The van der Waals surface area contributed by atoms with Crippen molar-refractivity contribution in [2.75, 3.05) is 26.2 Å². The zero-order valence-corrected chi connectivity index (χ0v) is 9.78. The van der Waals surface area contributed by atoms with Crippen LogP contribution in [0, 0.1) is 6.92 Å². The summed E-state index contributed by atoms with van der Waals surface area (Å²) in [6.45, 7) is 6.05. The fourth-order valence-corrected chi connectivity index (χ4v) is 2.22. The quantitative estimate of drug-likeness (QED) is 0.792. The molecule has 1 aromatic rings. The van der Waals surface area contributed by atoms with E-state index in [9.17, 15) is 0 Å². The molecule has 0 aliphatic carbocycles. The standard InChI is InChI=1S/C12H20N2O2/c1-10-2-3-12(16-10)9-14-6-5-13-8-11(14)4-7-15/h2-3,11,13,15H,4-9H2,1H3/t11-/m1/s1. The summed E-state index contributed by atoms with van der Waals surface area (Å²) in [5.74, 6) is 1.98. The van der Waals surface area contributed by atoms with Gasteiger partial charge in [0.1, 0.15) is 11.5 Å². The van der Waals surface area contributed by atoms with Crippen LogP contribution in [-0.2, 0) is 6.54 Å². The summed E-state index contributed by atoms with van der Waals surface area (Å²) in [5.41, 5.74) is 0. The van der Waals surface area contributed by atoms with Crippen LogP contribution in [0.3, 0.4) is 0 Å². The summed E-state index contributed by atoms with van der Waals surface area (Å²) < 4.78 is 5.59. The lowest BCUT2D eigenvalue weighted by atomic mass is 10.1. The monoisotopic (exact) mass is 224 g/mol. The molecule has 2 rings (SSSR count). The van der Waals surface area contributed by atoms with Crippen molar-refractivity contribution in [3.05, 3.63) is 23.7 Å². The minimum atomic E-state index is 0.250. The number of aliphatic hydroxyl groups is 1. The number of furan rings is 1. The second-order valence-corrected chi connectivity index (χ2v) is 4.35. The minimum absolute atomic E-state index is 0.250. The molecule has 0 radical (unpaired) electrons. The average molecular weight is 224 g/mol. The molecule has 0 spiro atoms. The number of nitrogens with zero attached hydrogens (tertiary/aromatic N) is 1. The van der Waals surface area contributed by atoms with Crippen LogP contribution in [0.25, 0.3) is 0 Å². The SMILES string of the molecule is Cc1ccc(CN2CCNC[C@H]2CCO)o1. The molecular formula is C12H20N2O2. The Morgan fingerprint density at radius 3 is 3.12 bits per heavy atom. The molecule has 0 amide bonds. The van der Waals surface area contributed by atoms with Crippen molar-refractivity contribution in [2.45, 2.75) is 25.9 Å². The lowest BCUT2D eigenvalue weighted by Crippen LogP contribution is -2.50. The highest BCUT2D eigenvalue weighted by Gasteiger charge is 2.22. The number of rotatable bonds is 4. The van der Waals surface area contributed by atoms with Gasteiger partial charge in [0, 0.05) is 32.3 Å². The van der Waals surface area contributed by atoms with E-state index in [2.05, 4.69) is 10.2 Å². The third kappa shape index (κ3) is 2.84. The van der Waals surface area contributed by atoms with Gasteiger partial charge in [-0.25, -0.2) is 0 Å². The highest BCUT2D eigenvalue weighted by molar-refractivity contribution is 5.05. The third-order valence-corrected chi connectivity index (χ3v) is 3.09. The van der Waals surface area contributed by atoms with E-state index < -0.39 is 0 Å². The van der Waals surface area contributed by atoms with Gasteiger partial charge in [0.2, 0.25) is 0 Å². The van der Waals surface area contributed by atoms with Crippen molar-refractivity contribution in [3.63, 3.8) is 0 Å². The molecule has 0 unspecified atom stereocenters. The molecule has 2 heterocycles. The van der Waals surface area contributed by atoms with Crippen molar-refractivity contribution in [3.8, 4) is 0 Å². The van der Waals surface area contributed by atoms with Gasteiger partial charge in [-0.1, -0.05) is 0 Å². The highest BCUT2D eigenvalue weighted by atomic mass is 16.3. The molecular weight excluding hydrogens is 204 g/mol. The van der Waals surface area contributed by atoms with E-state index in [0.717, 1.165) is 44.1 Å². The maximum Gasteiger partial charge on any atom is 0.118 e. The van der Waals surface area contributed by atoms with Crippen LogP contribution in [0.1, 0.15) is 17.9 Å². The first-order valence-corrected chi connectivity index (χ1v) is 5.90. The fraction of sp³-hybridized carbons (Fsp3) is 0.667. The number of aryl methyl sites for hydroxylation is 1. The molecule has 1 atom stereocenters. The molecule has 2 N–H and O–H groups in total. The maximum atomic E-state index is 9.03. The van der Waals surface area contributed by atoms with Gasteiger partial charge in [0.05, 0.1) is 6.54 Å². The summed E-state index contributed by atoms with van der Waals surface area (Å²) in [6, 6.07) is 4.45. The molecule has 1 saturated heterocycles. The Hall–Kier alpha value is -0.840. The van der Waals surface area contributed by atoms with E-state index in [-0.39, 0.29) is 6.61 Å². The van der Waals surface area contributed by atoms with Crippen LogP contribution in [0.2, 0.25) is 0 Å². The third-order valence-electron chi connectivity index (χ3n) is 3.09. The number of piperazine rings is 1. The van der Waals surface area contributed by atoms with E-state index >= 15 is 0 Å². The Labute approximate surface area is 96.2 Å². The van der Waals surface area contributed by atoms with Crippen LogP contribution < -0.4 is 5.32 Å². The first-order chi connectivity index (χ1) is 7.79. The van der Waals surface area contributed by atoms with Gasteiger partial charge in [-0.05, 0) is 25.5 Å². The van der Waals surface area contributed by atoms with Gasteiger partial charge in [0.25, 0.3) is 0 Å². The Morgan fingerprint density at radius 1 is 1.56 bits per heavy atom. The van der Waals surface area contributed by atoms with Crippen molar-refractivity contribution in [1.29, 1.82) is 0 Å². The summed E-state index contributed by atoms with van der Waals surface area (Å²) >= 11 is 0. The highest BCUT2D eigenvalue weighted by Crippen LogP contribution is 2.14. The Balaban J connectivity index is 1.95. The van der Waals surface area contributed by atoms with E-state index in [1.807, 2.05) is 19.1 Å². The first kappa shape index (κ1) is 11.6. The topological polar surface area (TPSA) is 48.6 Å². The Morgan fingerprint density at radius 2 is 2.44 bits per heavy atom. The first-order valence-electron chi connectivity index (χ1n) is 5.90.